The first-order valence-corrected chi connectivity index (χ1v) is 7.27. The fourth-order valence-corrected chi connectivity index (χ4v) is 3.32. The summed E-state index contributed by atoms with van der Waals surface area (Å²) in [6.45, 7) is 0. The summed E-state index contributed by atoms with van der Waals surface area (Å²) in [5.41, 5.74) is 0. The summed E-state index contributed by atoms with van der Waals surface area (Å²) in [4.78, 5) is 0. The lowest BCUT2D eigenvalue weighted by Gasteiger charge is -2.28. The Balaban J connectivity index is 1.87. The smallest absolute Gasteiger partial charge is 0.0348 e. The van der Waals surface area contributed by atoms with Crippen molar-refractivity contribution in [2.24, 2.45) is 11.8 Å². The third-order valence-corrected chi connectivity index (χ3v) is 4.30. The molecular weight excluding hydrogens is 192 g/mol. The predicted molar refractivity (Wildman–Crippen MR) is 71.4 cm³/mol. The monoisotopic (exact) mass is 218 g/mol. The minimum Gasteiger partial charge on any atom is -0.0885 e. The highest BCUT2D eigenvalue weighted by Gasteiger charge is 2.20. The maximum Gasteiger partial charge on any atom is -0.0348 e. The Bertz CT molecular complexity index is 210. The van der Waals surface area contributed by atoms with Gasteiger partial charge in [0.15, 0.2) is 0 Å². The van der Waals surface area contributed by atoms with Crippen molar-refractivity contribution < 1.29 is 0 Å². The minimum atomic E-state index is 1.02. The molecule has 2 unspecified atom stereocenters. The second kappa shape index (κ2) is 6.93. The van der Waals surface area contributed by atoms with Gasteiger partial charge in [-0.2, -0.15) is 0 Å². The molecule has 0 nitrogen and oxygen atoms in total. The second-order valence-corrected chi connectivity index (χ2v) is 5.48. The van der Waals surface area contributed by atoms with Crippen molar-refractivity contribution in [3.8, 4) is 0 Å². The van der Waals surface area contributed by atoms with E-state index in [9.17, 15) is 0 Å². The van der Waals surface area contributed by atoms with Crippen molar-refractivity contribution in [2.75, 3.05) is 0 Å². The van der Waals surface area contributed by atoms with Gasteiger partial charge in [0.2, 0.25) is 0 Å². The molecule has 0 bridgehead atoms. The van der Waals surface area contributed by atoms with Crippen LogP contribution in [0, 0.1) is 11.8 Å². The summed E-state index contributed by atoms with van der Waals surface area (Å²) in [6, 6.07) is 0. The topological polar surface area (TPSA) is 0 Å². The van der Waals surface area contributed by atoms with Gasteiger partial charge in [0.25, 0.3) is 0 Å². The van der Waals surface area contributed by atoms with Gasteiger partial charge in [-0.3, -0.25) is 0 Å². The van der Waals surface area contributed by atoms with Gasteiger partial charge in [0.05, 0.1) is 0 Å². The summed E-state index contributed by atoms with van der Waals surface area (Å²) in [5, 5.41) is 0. The highest BCUT2D eigenvalue weighted by molar-refractivity contribution is 4.89. The lowest BCUT2D eigenvalue weighted by Crippen LogP contribution is -2.16. The van der Waals surface area contributed by atoms with Crippen LogP contribution in [0.2, 0.25) is 0 Å². The molecule has 0 aromatic carbocycles. The van der Waals surface area contributed by atoms with Gasteiger partial charge in [-0.1, -0.05) is 24.3 Å². The molecule has 0 amide bonds. The van der Waals surface area contributed by atoms with Crippen LogP contribution in [-0.2, 0) is 0 Å². The first-order valence-electron chi connectivity index (χ1n) is 7.27. The predicted octanol–water partition coefficient (Wildman–Crippen LogP) is 5.26. The first kappa shape index (κ1) is 12.0. The lowest BCUT2D eigenvalue weighted by atomic mass is 9.77. The van der Waals surface area contributed by atoms with Crippen molar-refractivity contribution >= 4 is 0 Å². The second-order valence-electron chi connectivity index (χ2n) is 5.48. The summed E-state index contributed by atoms with van der Waals surface area (Å²) in [6.07, 6.45) is 23.6. The fraction of sp³-hybridized carbons (Fsp3) is 0.750. The van der Waals surface area contributed by atoms with E-state index in [2.05, 4.69) is 24.3 Å². The molecule has 0 heterocycles. The van der Waals surface area contributed by atoms with Gasteiger partial charge in [-0.15, -0.1) is 0 Å². The van der Waals surface area contributed by atoms with Crippen LogP contribution in [0.3, 0.4) is 0 Å². The zero-order valence-electron chi connectivity index (χ0n) is 10.5. The maximum absolute atomic E-state index is 2.41. The van der Waals surface area contributed by atoms with Crippen LogP contribution in [0.1, 0.15) is 64.2 Å². The molecule has 90 valence electrons. The zero-order chi connectivity index (χ0) is 11.1. The average molecular weight is 218 g/mol. The highest BCUT2D eigenvalue weighted by Crippen LogP contribution is 2.33. The van der Waals surface area contributed by atoms with Crippen LogP contribution < -0.4 is 0 Å². The molecule has 0 saturated heterocycles. The number of rotatable bonds is 1. The van der Waals surface area contributed by atoms with Crippen LogP contribution in [-0.4, -0.2) is 0 Å². The Kier molecular flexibility index (Phi) is 5.18. The molecule has 0 aromatic heterocycles. The first-order chi connectivity index (χ1) is 7.97. The van der Waals surface area contributed by atoms with Gasteiger partial charge in [0.1, 0.15) is 0 Å². The van der Waals surface area contributed by atoms with Crippen LogP contribution in [0.4, 0.5) is 0 Å². The van der Waals surface area contributed by atoms with E-state index in [-0.39, 0.29) is 0 Å². The number of hydrogen-bond acceptors (Lipinski definition) is 0. The number of hydrogen-bond donors (Lipinski definition) is 0. The number of allylic oxidation sites excluding steroid dienone is 4. The van der Waals surface area contributed by atoms with Crippen LogP contribution in [0.25, 0.3) is 0 Å². The van der Waals surface area contributed by atoms with E-state index >= 15 is 0 Å². The molecule has 0 aromatic rings. The quantitative estimate of drug-likeness (QED) is 0.527. The molecular formula is C16H26. The van der Waals surface area contributed by atoms with Crippen LogP contribution in [0.5, 0.6) is 0 Å². The highest BCUT2D eigenvalue weighted by atomic mass is 14.3. The van der Waals surface area contributed by atoms with Gasteiger partial charge >= 0.3 is 0 Å². The molecule has 16 heavy (non-hydrogen) atoms. The van der Waals surface area contributed by atoms with E-state index in [0.29, 0.717) is 0 Å². The Morgan fingerprint density at radius 2 is 0.938 bits per heavy atom. The van der Waals surface area contributed by atoms with Gasteiger partial charge in [0, 0.05) is 0 Å². The zero-order valence-corrected chi connectivity index (χ0v) is 10.5. The largest absolute Gasteiger partial charge is 0.0885 e. The summed E-state index contributed by atoms with van der Waals surface area (Å²) >= 11 is 0. The van der Waals surface area contributed by atoms with E-state index in [4.69, 9.17) is 0 Å². The lowest BCUT2D eigenvalue weighted by molar-refractivity contribution is 0.252. The molecule has 0 saturated carbocycles. The average Bonchev–Trinajstić information content (AvgIpc) is 2.18. The minimum absolute atomic E-state index is 1.02. The van der Waals surface area contributed by atoms with Gasteiger partial charge in [-0.25, -0.2) is 0 Å². The van der Waals surface area contributed by atoms with Crippen molar-refractivity contribution in [3.63, 3.8) is 0 Å². The molecule has 0 radical (unpaired) electrons. The third-order valence-electron chi connectivity index (χ3n) is 4.30. The van der Waals surface area contributed by atoms with E-state index in [1.54, 1.807) is 0 Å². The Morgan fingerprint density at radius 3 is 1.44 bits per heavy atom. The summed E-state index contributed by atoms with van der Waals surface area (Å²) < 4.78 is 0. The Hall–Kier alpha value is -0.520. The van der Waals surface area contributed by atoms with Crippen molar-refractivity contribution in [2.45, 2.75) is 64.2 Å². The SMILES string of the molecule is C1=CCCC(C2CCC=CCCC2)CCC1. The summed E-state index contributed by atoms with van der Waals surface area (Å²) in [7, 11) is 0. The molecule has 0 N–H and O–H groups in total. The Morgan fingerprint density at radius 1 is 0.500 bits per heavy atom. The van der Waals surface area contributed by atoms with Crippen LogP contribution in [0.15, 0.2) is 24.3 Å². The van der Waals surface area contributed by atoms with Gasteiger partial charge < -0.3 is 0 Å². The fourth-order valence-electron chi connectivity index (χ4n) is 3.32. The van der Waals surface area contributed by atoms with E-state index in [0.717, 1.165) is 11.8 Å². The summed E-state index contributed by atoms with van der Waals surface area (Å²) in [5.74, 6) is 2.05. The molecule has 2 aliphatic rings. The molecule has 2 atom stereocenters. The molecule has 0 heteroatoms. The van der Waals surface area contributed by atoms with E-state index in [1.807, 2.05) is 0 Å². The van der Waals surface area contributed by atoms with Crippen LogP contribution >= 0.6 is 0 Å². The van der Waals surface area contributed by atoms with Crippen molar-refractivity contribution in [1.29, 1.82) is 0 Å². The molecule has 2 rings (SSSR count). The molecule has 2 aliphatic carbocycles. The normalized spacial score (nSPS) is 32.5. The molecule has 0 aliphatic heterocycles. The maximum atomic E-state index is 2.41. The van der Waals surface area contributed by atoms with Gasteiger partial charge in [-0.05, 0) is 76.0 Å². The third kappa shape index (κ3) is 3.81. The molecule has 0 fully saturated rings. The van der Waals surface area contributed by atoms with Crippen molar-refractivity contribution in [1.82, 2.24) is 0 Å². The van der Waals surface area contributed by atoms with E-state index < -0.39 is 0 Å². The Labute approximate surface area is 101 Å². The molecule has 0 spiro atoms. The van der Waals surface area contributed by atoms with E-state index in [1.165, 1.54) is 64.2 Å². The van der Waals surface area contributed by atoms with Crippen molar-refractivity contribution in [3.05, 3.63) is 24.3 Å². The standard InChI is InChI=1S/C16H26/c1-3-7-11-15(12-8-4-1)16-13-9-5-2-6-10-14-16/h1-3,5,15-16H,4,6-14H2.